The molecule has 2 aliphatic rings. The first-order valence-electron chi connectivity index (χ1n) is 9.54. The minimum atomic E-state index is -1.65. The van der Waals surface area contributed by atoms with E-state index in [9.17, 15) is 35.7 Å². The van der Waals surface area contributed by atoms with Crippen LogP contribution in [0.15, 0.2) is 12.2 Å². The van der Waals surface area contributed by atoms with E-state index in [0.29, 0.717) is 6.42 Å². The molecule has 164 valence electrons. The van der Waals surface area contributed by atoms with Crippen LogP contribution in [0.4, 0.5) is 0 Å². The van der Waals surface area contributed by atoms with Gasteiger partial charge in [-0.05, 0) is 20.3 Å². The smallest absolute Gasteiger partial charge is 0.187 e. The summed E-state index contributed by atoms with van der Waals surface area (Å²) in [5.74, 6) is 0. The highest BCUT2D eigenvalue weighted by Crippen LogP contribution is 2.50. The molecular formula is C19H34O9. The van der Waals surface area contributed by atoms with E-state index in [4.69, 9.17) is 9.47 Å². The lowest BCUT2D eigenvalue weighted by Crippen LogP contribution is -2.65. The lowest BCUT2D eigenvalue weighted by Gasteiger charge is -2.55. The second-order valence-corrected chi connectivity index (χ2v) is 8.88. The molecule has 28 heavy (non-hydrogen) atoms. The normalized spacial score (nSPS) is 48.0. The first kappa shape index (κ1) is 23.7. The van der Waals surface area contributed by atoms with Crippen LogP contribution in [-0.2, 0) is 9.47 Å². The van der Waals surface area contributed by atoms with Gasteiger partial charge in [0, 0.05) is 11.8 Å². The first-order chi connectivity index (χ1) is 12.8. The lowest BCUT2D eigenvalue weighted by molar-refractivity contribution is -0.306. The van der Waals surface area contributed by atoms with Gasteiger partial charge in [-0.1, -0.05) is 26.0 Å². The van der Waals surface area contributed by atoms with Gasteiger partial charge in [0.25, 0.3) is 0 Å². The predicted octanol–water partition coefficient (Wildman–Crippen LogP) is -1.59. The van der Waals surface area contributed by atoms with E-state index in [1.807, 2.05) is 0 Å². The molecule has 1 aliphatic heterocycles. The molecule has 9 nitrogen and oxygen atoms in total. The maximum atomic E-state index is 11.2. The van der Waals surface area contributed by atoms with Crippen molar-refractivity contribution in [2.45, 2.75) is 94.7 Å². The summed E-state index contributed by atoms with van der Waals surface area (Å²) in [6.07, 6.45) is -5.14. The molecule has 2 rings (SSSR count). The standard InChI is InChI=1S/C19H34O9/c1-10(27-16-15(24)14(23)13(22)12(9-20)28-16)5-6-19(26)17(2,3)7-11(21)8-18(19,4)25/h5-6,10-16,20-26H,7-9H2,1-4H3/b6-5+/t10-,11-,12-,13+,14+,15+,16-,18+,19+/m0/s1. The predicted molar refractivity (Wildman–Crippen MR) is 98.0 cm³/mol. The Morgan fingerprint density at radius 2 is 1.64 bits per heavy atom. The maximum absolute atomic E-state index is 11.2. The van der Waals surface area contributed by atoms with Crippen LogP contribution >= 0.6 is 0 Å². The van der Waals surface area contributed by atoms with E-state index >= 15 is 0 Å². The Balaban J connectivity index is 2.13. The molecule has 0 unspecified atom stereocenters. The Morgan fingerprint density at radius 1 is 1.04 bits per heavy atom. The first-order valence-corrected chi connectivity index (χ1v) is 9.54. The van der Waals surface area contributed by atoms with E-state index < -0.39 is 66.1 Å². The fourth-order valence-electron chi connectivity index (χ4n) is 4.28. The fraction of sp³-hybridized carbons (Fsp3) is 0.895. The quantitative estimate of drug-likeness (QED) is 0.267. The Hall–Kier alpha value is -0.620. The molecule has 1 aliphatic carbocycles. The molecule has 0 aromatic heterocycles. The molecule has 9 heteroatoms. The average molecular weight is 406 g/mol. The van der Waals surface area contributed by atoms with E-state index in [1.54, 1.807) is 20.8 Å². The fourth-order valence-corrected chi connectivity index (χ4v) is 4.28. The second kappa shape index (κ2) is 8.25. The van der Waals surface area contributed by atoms with Crippen LogP contribution < -0.4 is 0 Å². The maximum Gasteiger partial charge on any atom is 0.187 e. The summed E-state index contributed by atoms with van der Waals surface area (Å²) < 4.78 is 10.9. The Labute approximate surface area is 164 Å². The van der Waals surface area contributed by atoms with Crippen LogP contribution in [0.2, 0.25) is 0 Å². The molecule has 1 saturated carbocycles. The number of ether oxygens (including phenoxy) is 2. The number of aliphatic hydroxyl groups excluding tert-OH is 5. The SMILES string of the molecule is C[C@@H](/C=C/[C@@]1(O)C(C)(C)C[C@H](O)C[C@@]1(C)O)O[C@H]1O[C@@H](CO)[C@@H](O)[C@@H](O)[C@H]1O. The van der Waals surface area contributed by atoms with Gasteiger partial charge in [-0.2, -0.15) is 0 Å². The van der Waals surface area contributed by atoms with Gasteiger partial charge in [0.1, 0.15) is 30.0 Å². The van der Waals surface area contributed by atoms with Gasteiger partial charge in [0.15, 0.2) is 6.29 Å². The van der Waals surface area contributed by atoms with Gasteiger partial charge in [-0.15, -0.1) is 0 Å². The van der Waals surface area contributed by atoms with Crippen molar-refractivity contribution in [1.29, 1.82) is 0 Å². The molecule has 1 heterocycles. The number of hydrogen-bond acceptors (Lipinski definition) is 9. The summed E-state index contributed by atoms with van der Waals surface area (Å²) >= 11 is 0. The minimum absolute atomic E-state index is 0.0131. The van der Waals surface area contributed by atoms with Crippen LogP contribution in [0.25, 0.3) is 0 Å². The van der Waals surface area contributed by atoms with Crippen molar-refractivity contribution in [3.8, 4) is 0 Å². The lowest BCUT2D eigenvalue weighted by atomic mass is 9.57. The summed E-state index contributed by atoms with van der Waals surface area (Å²) in [5, 5.41) is 70.9. The third kappa shape index (κ3) is 4.28. The van der Waals surface area contributed by atoms with Crippen molar-refractivity contribution >= 4 is 0 Å². The van der Waals surface area contributed by atoms with Crippen molar-refractivity contribution in [1.82, 2.24) is 0 Å². The van der Waals surface area contributed by atoms with E-state index in [1.165, 1.54) is 19.1 Å². The zero-order valence-corrected chi connectivity index (χ0v) is 16.8. The summed E-state index contributed by atoms with van der Waals surface area (Å²) in [6.45, 7) is 6.01. The number of hydrogen-bond donors (Lipinski definition) is 7. The van der Waals surface area contributed by atoms with Gasteiger partial charge >= 0.3 is 0 Å². The van der Waals surface area contributed by atoms with Crippen LogP contribution in [0.3, 0.4) is 0 Å². The molecule has 9 atom stereocenters. The molecule has 0 amide bonds. The van der Waals surface area contributed by atoms with E-state index in [2.05, 4.69) is 0 Å². The van der Waals surface area contributed by atoms with E-state index in [-0.39, 0.29) is 6.42 Å². The summed E-state index contributed by atoms with van der Waals surface area (Å²) in [4.78, 5) is 0. The van der Waals surface area contributed by atoms with E-state index in [0.717, 1.165) is 0 Å². The van der Waals surface area contributed by atoms with Crippen molar-refractivity contribution in [2.75, 3.05) is 6.61 Å². The summed E-state index contributed by atoms with van der Waals surface area (Å²) in [5.41, 5.74) is -4.05. The van der Waals surface area contributed by atoms with Crippen LogP contribution in [0, 0.1) is 5.41 Å². The monoisotopic (exact) mass is 406 g/mol. The molecule has 0 bridgehead atoms. The highest BCUT2D eigenvalue weighted by Gasteiger charge is 2.58. The third-order valence-corrected chi connectivity index (χ3v) is 6.04. The van der Waals surface area contributed by atoms with Gasteiger partial charge in [-0.3, -0.25) is 0 Å². The molecule has 0 aromatic rings. The molecule has 0 spiro atoms. The summed E-state index contributed by atoms with van der Waals surface area (Å²) in [7, 11) is 0. The van der Waals surface area contributed by atoms with Crippen LogP contribution in [-0.4, -0.2) is 96.5 Å². The number of rotatable bonds is 5. The minimum Gasteiger partial charge on any atom is -0.394 e. The highest BCUT2D eigenvalue weighted by molar-refractivity contribution is 5.21. The van der Waals surface area contributed by atoms with Crippen LogP contribution in [0.1, 0.15) is 40.5 Å². The van der Waals surface area contributed by atoms with Gasteiger partial charge in [-0.25, -0.2) is 0 Å². The molecular weight excluding hydrogens is 372 g/mol. The molecule has 1 saturated heterocycles. The van der Waals surface area contributed by atoms with Crippen molar-refractivity contribution in [3.05, 3.63) is 12.2 Å². The van der Waals surface area contributed by atoms with Gasteiger partial charge < -0.3 is 45.2 Å². The van der Waals surface area contributed by atoms with Gasteiger partial charge in [0.2, 0.25) is 0 Å². The van der Waals surface area contributed by atoms with Crippen molar-refractivity contribution in [2.24, 2.45) is 5.41 Å². The molecule has 0 aromatic carbocycles. The van der Waals surface area contributed by atoms with Crippen LogP contribution in [0.5, 0.6) is 0 Å². The van der Waals surface area contributed by atoms with Crippen molar-refractivity contribution in [3.63, 3.8) is 0 Å². The highest BCUT2D eigenvalue weighted by atomic mass is 16.7. The Morgan fingerprint density at radius 3 is 2.18 bits per heavy atom. The topological polar surface area (TPSA) is 160 Å². The zero-order chi connectivity index (χ0) is 21.5. The summed E-state index contributed by atoms with van der Waals surface area (Å²) in [6, 6.07) is 0. The largest absolute Gasteiger partial charge is 0.394 e. The molecule has 2 fully saturated rings. The number of aliphatic hydroxyl groups is 7. The Kier molecular flexibility index (Phi) is 6.97. The Bertz CT molecular complexity index is 542. The molecule has 0 radical (unpaired) electrons. The third-order valence-electron chi connectivity index (χ3n) is 6.04. The molecule has 7 N–H and O–H groups in total. The van der Waals surface area contributed by atoms with Gasteiger partial charge in [0.05, 0.1) is 24.4 Å². The zero-order valence-electron chi connectivity index (χ0n) is 16.8. The second-order valence-electron chi connectivity index (χ2n) is 8.88. The average Bonchev–Trinajstić information content (AvgIpc) is 2.57. The van der Waals surface area contributed by atoms with Crippen molar-refractivity contribution < 1.29 is 45.2 Å².